The predicted octanol–water partition coefficient (Wildman–Crippen LogP) is 1.77. The second kappa shape index (κ2) is 9.94. The molecule has 3 heterocycles. The number of phenolic OH excluding ortho intramolecular Hbond substituents is 1. The molecule has 3 N–H and O–H groups in total. The molecule has 2 unspecified atom stereocenters. The summed E-state index contributed by atoms with van der Waals surface area (Å²) in [5.74, 6) is -0.598. The molecule has 1 saturated heterocycles. The molecular formula is C24H30N2O7. The number of aliphatic hydroxyl groups excluding tert-OH is 1. The number of benzene rings is 1. The van der Waals surface area contributed by atoms with Crippen molar-refractivity contribution in [2.45, 2.75) is 44.8 Å². The summed E-state index contributed by atoms with van der Waals surface area (Å²) in [6.07, 6.45) is 3.87. The number of nitrogens with zero attached hydrogens (tertiary/aromatic N) is 2. The molecule has 178 valence electrons. The van der Waals surface area contributed by atoms with E-state index in [1.165, 1.54) is 0 Å². The lowest BCUT2D eigenvalue weighted by molar-refractivity contribution is -0.150. The van der Waals surface area contributed by atoms with Gasteiger partial charge in [0.2, 0.25) is 0 Å². The van der Waals surface area contributed by atoms with E-state index in [1.807, 2.05) is 12.3 Å². The number of hydrogen-bond donors (Lipinski definition) is 3. The Bertz CT molecular complexity index is 1080. The van der Waals surface area contributed by atoms with Gasteiger partial charge in [-0.2, -0.15) is 0 Å². The molecule has 0 radical (unpaired) electrons. The fourth-order valence-corrected chi connectivity index (χ4v) is 4.58. The van der Waals surface area contributed by atoms with E-state index >= 15 is 0 Å². The van der Waals surface area contributed by atoms with Crippen LogP contribution in [0.15, 0.2) is 29.2 Å². The number of phenols is 1. The summed E-state index contributed by atoms with van der Waals surface area (Å²) >= 11 is 0. The van der Waals surface area contributed by atoms with E-state index in [9.17, 15) is 19.8 Å². The van der Waals surface area contributed by atoms with Gasteiger partial charge in [0.1, 0.15) is 6.04 Å². The van der Waals surface area contributed by atoms with Crippen molar-refractivity contribution in [3.05, 3.63) is 45.7 Å². The van der Waals surface area contributed by atoms with Crippen LogP contribution in [0.5, 0.6) is 11.5 Å². The van der Waals surface area contributed by atoms with Gasteiger partial charge in [-0.3, -0.25) is 14.5 Å². The summed E-state index contributed by atoms with van der Waals surface area (Å²) in [6.45, 7) is 3.63. The zero-order valence-corrected chi connectivity index (χ0v) is 18.7. The number of pyridine rings is 1. The zero-order valence-electron chi connectivity index (χ0n) is 18.7. The molecule has 1 aromatic carbocycles. The molecule has 0 aliphatic carbocycles. The number of aromatic hydroxyl groups is 1. The van der Waals surface area contributed by atoms with Crippen molar-refractivity contribution in [1.82, 2.24) is 9.47 Å². The highest BCUT2D eigenvalue weighted by Gasteiger charge is 2.31. The van der Waals surface area contributed by atoms with Crippen molar-refractivity contribution in [3.8, 4) is 22.8 Å². The largest absolute Gasteiger partial charge is 0.504 e. The minimum Gasteiger partial charge on any atom is -0.504 e. The lowest BCUT2D eigenvalue weighted by Gasteiger charge is -2.34. The average Bonchev–Trinajstić information content (AvgIpc) is 2.80. The van der Waals surface area contributed by atoms with Gasteiger partial charge in [0.15, 0.2) is 16.9 Å². The van der Waals surface area contributed by atoms with Crippen molar-refractivity contribution >= 4 is 5.97 Å². The summed E-state index contributed by atoms with van der Waals surface area (Å²) in [5.41, 5.74) is 2.88. The highest BCUT2D eigenvalue weighted by molar-refractivity contribution is 5.74. The van der Waals surface area contributed by atoms with Crippen LogP contribution in [-0.4, -0.2) is 69.8 Å². The van der Waals surface area contributed by atoms with E-state index in [1.54, 1.807) is 17.0 Å². The van der Waals surface area contributed by atoms with E-state index in [0.717, 1.165) is 23.2 Å². The van der Waals surface area contributed by atoms with Crippen molar-refractivity contribution in [2.24, 2.45) is 0 Å². The second-order valence-corrected chi connectivity index (χ2v) is 8.52. The van der Waals surface area contributed by atoms with E-state index in [2.05, 4.69) is 11.5 Å². The zero-order chi connectivity index (χ0) is 23.5. The number of rotatable bonds is 8. The number of ether oxygens (including phenoxy) is 2. The van der Waals surface area contributed by atoms with Gasteiger partial charge in [-0.25, -0.2) is 0 Å². The predicted molar refractivity (Wildman–Crippen MR) is 121 cm³/mol. The number of aliphatic carboxylic acids is 1. The monoisotopic (exact) mass is 458 g/mol. The van der Waals surface area contributed by atoms with Gasteiger partial charge in [0.05, 0.1) is 25.5 Å². The third-order valence-corrected chi connectivity index (χ3v) is 6.40. The molecule has 0 amide bonds. The molecule has 2 aliphatic heterocycles. The molecule has 1 aromatic heterocycles. The van der Waals surface area contributed by atoms with Crippen LogP contribution in [0, 0.1) is 0 Å². The first-order valence-electron chi connectivity index (χ1n) is 11.3. The van der Waals surface area contributed by atoms with Crippen LogP contribution in [0.4, 0.5) is 0 Å². The first kappa shape index (κ1) is 23.3. The molecule has 9 nitrogen and oxygen atoms in total. The first-order valence-corrected chi connectivity index (χ1v) is 11.3. The van der Waals surface area contributed by atoms with Crippen molar-refractivity contribution in [1.29, 1.82) is 0 Å². The normalized spacial score (nSPS) is 20.2. The van der Waals surface area contributed by atoms with E-state index in [4.69, 9.17) is 14.6 Å². The molecule has 0 saturated carbocycles. The van der Waals surface area contributed by atoms with Crippen LogP contribution in [-0.2, 0) is 22.5 Å². The molecular weight excluding hydrogens is 428 g/mol. The third-order valence-electron chi connectivity index (χ3n) is 6.40. The molecule has 4 rings (SSSR count). The van der Waals surface area contributed by atoms with Crippen LogP contribution in [0.25, 0.3) is 11.3 Å². The van der Waals surface area contributed by atoms with Gasteiger partial charge in [0, 0.05) is 55.5 Å². The summed E-state index contributed by atoms with van der Waals surface area (Å²) in [5, 5.41) is 29.0. The molecule has 33 heavy (non-hydrogen) atoms. The minimum absolute atomic E-state index is 0.0117. The summed E-state index contributed by atoms with van der Waals surface area (Å²) in [6, 6.07) is 4.36. The van der Waals surface area contributed by atoms with Gasteiger partial charge in [-0.15, -0.1) is 0 Å². The Morgan fingerprint density at radius 1 is 1.30 bits per heavy atom. The Kier molecular flexibility index (Phi) is 7.02. The Morgan fingerprint density at radius 3 is 2.85 bits per heavy atom. The van der Waals surface area contributed by atoms with Crippen molar-refractivity contribution in [3.63, 3.8) is 0 Å². The van der Waals surface area contributed by atoms with Crippen LogP contribution in [0.2, 0.25) is 0 Å². The Hall–Kier alpha value is -2.88. The molecule has 2 aromatic rings. The van der Waals surface area contributed by atoms with Gasteiger partial charge in [0.25, 0.3) is 0 Å². The maximum absolute atomic E-state index is 13.0. The molecule has 2 atom stereocenters. The SMILES string of the molecule is CCC1Cc2cc(OCCCO)c(O)cc2-c2cc(=O)c(CN3CCOCC3C(=O)O)cn21. The van der Waals surface area contributed by atoms with Crippen LogP contribution < -0.4 is 10.2 Å². The lowest BCUT2D eigenvalue weighted by Crippen LogP contribution is -2.49. The molecule has 2 aliphatic rings. The van der Waals surface area contributed by atoms with Crippen LogP contribution >= 0.6 is 0 Å². The quantitative estimate of drug-likeness (QED) is 0.512. The lowest BCUT2D eigenvalue weighted by atomic mass is 9.90. The number of morpholine rings is 1. The number of aromatic nitrogens is 1. The molecule has 0 bridgehead atoms. The summed E-state index contributed by atoms with van der Waals surface area (Å²) < 4.78 is 13.0. The molecule has 0 spiro atoms. The standard InChI is InChI=1S/C24H30N2O7/c1-2-17-8-15-9-23(33-6-3-5-27)22(29)10-18(15)19-11-21(28)16(13-26(17)19)12-25-4-7-32-14-20(25)24(30)31/h9-11,13,17,20,27,29H,2-8,12,14H2,1H3,(H,30,31). The number of hydrogen-bond acceptors (Lipinski definition) is 7. The van der Waals surface area contributed by atoms with E-state index < -0.39 is 12.0 Å². The fourth-order valence-electron chi connectivity index (χ4n) is 4.58. The number of fused-ring (bicyclic) bond motifs is 3. The van der Waals surface area contributed by atoms with Crippen molar-refractivity contribution < 1.29 is 29.6 Å². The highest BCUT2D eigenvalue weighted by atomic mass is 16.5. The van der Waals surface area contributed by atoms with Gasteiger partial charge in [-0.1, -0.05) is 6.92 Å². The van der Waals surface area contributed by atoms with Gasteiger partial charge >= 0.3 is 5.97 Å². The summed E-state index contributed by atoms with van der Waals surface area (Å²) in [7, 11) is 0. The Labute approximate surface area is 191 Å². The molecule has 1 fully saturated rings. The van der Waals surface area contributed by atoms with Crippen LogP contribution in [0.1, 0.15) is 36.9 Å². The smallest absolute Gasteiger partial charge is 0.323 e. The van der Waals surface area contributed by atoms with E-state index in [0.29, 0.717) is 43.9 Å². The Balaban J connectivity index is 1.69. The average molecular weight is 459 g/mol. The van der Waals surface area contributed by atoms with Crippen LogP contribution in [0.3, 0.4) is 0 Å². The number of carboxylic acid groups (broad SMARTS) is 1. The Morgan fingerprint density at radius 2 is 2.12 bits per heavy atom. The maximum Gasteiger partial charge on any atom is 0.323 e. The molecule has 9 heteroatoms. The second-order valence-electron chi connectivity index (χ2n) is 8.52. The first-order chi connectivity index (χ1) is 15.9. The topological polar surface area (TPSA) is 121 Å². The minimum atomic E-state index is -0.958. The number of aliphatic hydroxyl groups is 1. The third kappa shape index (κ3) is 4.75. The van der Waals surface area contributed by atoms with Crippen molar-refractivity contribution in [2.75, 3.05) is 33.0 Å². The van der Waals surface area contributed by atoms with E-state index in [-0.39, 0.29) is 37.0 Å². The fraction of sp³-hybridized carbons (Fsp3) is 0.500. The number of carbonyl (C=O) groups is 1. The number of carboxylic acids is 1. The van der Waals surface area contributed by atoms with Gasteiger partial charge < -0.3 is 29.4 Å². The highest BCUT2D eigenvalue weighted by Crippen LogP contribution is 2.41. The van der Waals surface area contributed by atoms with Gasteiger partial charge in [-0.05, 0) is 30.5 Å². The summed E-state index contributed by atoms with van der Waals surface area (Å²) in [4.78, 5) is 26.4. The maximum atomic E-state index is 13.0.